The van der Waals surface area contributed by atoms with E-state index in [1.54, 1.807) is 6.07 Å². The molecule has 1 amide bonds. The van der Waals surface area contributed by atoms with E-state index in [0.29, 0.717) is 16.9 Å². The van der Waals surface area contributed by atoms with Gasteiger partial charge < -0.3 is 24.9 Å². The Kier molecular flexibility index (Phi) is 7.81. The molecule has 3 heterocycles. The Morgan fingerprint density at radius 3 is 2.38 bits per heavy atom. The van der Waals surface area contributed by atoms with Crippen LogP contribution >= 0.6 is 11.9 Å². The van der Waals surface area contributed by atoms with Crippen LogP contribution in [0.15, 0.2) is 30.3 Å². The van der Waals surface area contributed by atoms with Gasteiger partial charge in [-0.15, -0.1) is 0 Å². The molecule has 10 nitrogen and oxygen atoms in total. The topological polar surface area (TPSA) is 124 Å². The predicted octanol–water partition coefficient (Wildman–Crippen LogP) is 4.91. The number of benzene rings is 1. The second kappa shape index (κ2) is 11.1. The van der Waals surface area contributed by atoms with Crippen molar-refractivity contribution in [3.63, 3.8) is 0 Å². The predicted molar refractivity (Wildman–Crippen MR) is 148 cm³/mol. The first-order chi connectivity index (χ1) is 18.7. The van der Waals surface area contributed by atoms with Gasteiger partial charge in [0.05, 0.1) is 22.9 Å². The lowest BCUT2D eigenvalue weighted by atomic mass is 9.93. The van der Waals surface area contributed by atoms with Crippen LogP contribution in [-0.4, -0.2) is 65.4 Å². The zero-order valence-electron chi connectivity index (χ0n) is 21.5. The van der Waals surface area contributed by atoms with E-state index in [1.165, 1.54) is 41.8 Å². The van der Waals surface area contributed by atoms with Gasteiger partial charge in [0.25, 0.3) is 11.8 Å². The molecule has 0 bridgehead atoms. The average molecular weight is 563 g/mol. The molecule has 0 unspecified atom stereocenters. The van der Waals surface area contributed by atoms with Crippen molar-refractivity contribution >= 4 is 46.4 Å². The van der Waals surface area contributed by atoms with Crippen LogP contribution in [0.5, 0.6) is 0 Å². The molecule has 1 aromatic carbocycles. The maximum atomic E-state index is 13.7. The number of carbonyl (C=O) groups is 1. The lowest BCUT2D eigenvalue weighted by Crippen LogP contribution is -2.40. The van der Waals surface area contributed by atoms with Gasteiger partial charge in [0, 0.05) is 56.5 Å². The molecular formula is C26H32F2N6O4S. The number of aliphatic hydroxyl groups excluding tert-OH is 1. The molecule has 2 aliphatic heterocycles. The number of nitrogens with zero attached hydrogens (tertiary/aromatic N) is 4. The molecule has 3 fully saturated rings. The van der Waals surface area contributed by atoms with Crippen molar-refractivity contribution < 1.29 is 23.6 Å². The highest BCUT2D eigenvalue weighted by atomic mass is 32.2. The van der Waals surface area contributed by atoms with Crippen LogP contribution < -0.4 is 19.8 Å². The van der Waals surface area contributed by atoms with Crippen LogP contribution in [0.3, 0.4) is 0 Å². The Labute approximate surface area is 229 Å². The summed E-state index contributed by atoms with van der Waals surface area (Å²) >= 11 is 1.38. The SMILES string of the molecule is O=C(Nc1ccc(NSCCO)cc1N1CCC2(CC1)CC2)c1ccc([N+](=O)[O-])c(N2CCC(F)(F)CC2)n1. The molecule has 2 saturated heterocycles. The highest BCUT2D eigenvalue weighted by Crippen LogP contribution is 2.54. The van der Waals surface area contributed by atoms with Gasteiger partial charge >= 0.3 is 5.69 Å². The number of nitrogens with one attached hydrogen (secondary N) is 2. The number of carbonyl (C=O) groups excluding carboxylic acids is 1. The number of aromatic nitrogens is 1. The molecule has 13 heteroatoms. The number of pyridine rings is 1. The van der Waals surface area contributed by atoms with Gasteiger partial charge in [-0.25, -0.2) is 13.8 Å². The minimum absolute atomic E-state index is 0.0323. The normalized spacial score (nSPS) is 19.6. The zero-order valence-corrected chi connectivity index (χ0v) is 22.3. The average Bonchev–Trinajstić information content (AvgIpc) is 3.68. The van der Waals surface area contributed by atoms with Crippen molar-refractivity contribution in [2.24, 2.45) is 5.41 Å². The smallest absolute Gasteiger partial charge is 0.311 e. The Bertz CT molecular complexity index is 1220. The molecule has 1 aliphatic carbocycles. The number of halogens is 2. The first kappa shape index (κ1) is 27.4. The summed E-state index contributed by atoms with van der Waals surface area (Å²) in [5.41, 5.74) is 2.40. The number of rotatable bonds is 9. The number of nitro groups is 1. The van der Waals surface area contributed by atoms with Crippen molar-refractivity contribution in [2.75, 3.05) is 58.4 Å². The van der Waals surface area contributed by atoms with Crippen LogP contribution in [0.2, 0.25) is 0 Å². The molecule has 39 heavy (non-hydrogen) atoms. The monoisotopic (exact) mass is 562 g/mol. The van der Waals surface area contributed by atoms with Crippen LogP contribution in [0, 0.1) is 15.5 Å². The third-order valence-electron chi connectivity index (χ3n) is 7.83. The van der Waals surface area contributed by atoms with E-state index in [1.807, 2.05) is 12.1 Å². The fraction of sp³-hybridized carbons (Fsp3) is 0.538. The second-order valence-electron chi connectivity index (χ2n) is 10.5. The quantitative estimate of drug-likeness (QED) is 0.169. The summed E-state index contributed by atoms with van der Waals surface area (Å²) in [6.07, 6.45) is 3.87. The molecule has 1 aromatic heterocycles. The van der Waals surface area contributed by atoms with Gasteiger partial charge in [0.2, 0.25) is 5.82 Å². The minimum atomic E-state index is -2.82. The summed E-state index contributed by atoms with van der Waals surface area (Å²) in [6, 6.07) is 8.09. The molecule has 0 radical (unpaired) electrons. The molecule has 1 saturated carbocycles. The van der Waals surface area contributed by atoms with Gasteiger partial charge in [0.15, 0.2) is 0 Å². The third-order valence-corrected chi connectivity index (χ3v) is 8.60. The van der Waals surface area contributed by atoms with Crippen molar-refractivity contribution in [1.82, 2.24) is 4.98 Å². The molecule has 210 valence electrons. The lowest BCUT2D eigenvalue weighted by Gasteiger charge is -2.35. The number of aliphatic hydroxyl groups is 1. The van der Waals surface area contributed by atoms with Crippen LogP contribution in [-0.2, 0) is 0 Å². The van der Waals surface area contributed by atoms with E-state index in [-0.39, 0.29) is 36.9 Å². The zero-order chi connectivity index (χ0) is 27.6. The number of piperidine rings is 2. The molecule has 3 N–H and O–H groups in total. The largest absolute Gasteiger partial charge is 0.395 e. The minimum Gasteiger partial charge on any atom is -0.395 e. The molecule has 1 spiro atoms. The summed E-state index contributed by atoms with van der Waals surface area (Å²) in [4.78, 5) is 32.3. The molecular weight excluding hydrogens is 530 g/mol. The summed E-state index contributed by atoms with van der Waals surface area (Å²) in [6.45, 7) is 1.62. The van der Waals surface area contributed by atoms with Crippen molar-refractivity contribution in [3.05, 3.63) is 46.1 Å². The van der Waals surface area contributed by atoms with E-state index >= 15 is 0 Å². The second-order valence-corrected chi connectivity index (χ2v) is 11.4. The third kappa shape index (κ3) is 6.35. The number of hydrogen-bond acceptors (Lipinski definition) is 9. The summed E-state index contributed by atoms with van der Waals surface area (Å²) in [7, 11) is 0. The van der Waals surface area contributed by atoms with E-state index in [4.69, 9.17) is 5.11 Å². The summed E-state index contributed by atoms with van der Waals surface area (Å²) in [5.74, 6) is -2.90. The van der Waals surface area contributed by atoms with E-state index in [2.05, 4.69) is 19.9 Å². The fourth-order valence-electron chi connectivity index (χ4n) is 5.22. The first-order valence-corrected chi connectivity index (χ1v) is 14.1. The van der Waals surface area contributed by atoms with Crippen molar-refractivity contribution in [1.29, 1.82) is 0 Å². The standard InChI is InChI=1S/C26H32F2N6O4S/c27-26(28)9-13-33(14-10-26)23-21(34(37)38)4-3-20(29-23)24(36)30-19-2-1-18(31-39-16-15-35)17-22(19)32-11-7-25(5-6-25)8-12-32/h1-4,17,31,35H,5-16H2,(H,30,36). The van der Waals surface area contributed by atoms with Crippen LogP contribution in [0.25, 0.3) is 0 Å². The van der Waals surface area contributed by atoms with Gasteiger partial charge in [0.1, 0.15) is 5.69 Å². The van der Waals surface area contributed by atoms with Gasteiger partial charge in [-0.1, -0.05) is 11.9 Å². The van der Waals surface area contributed by atoms with Gasteiger partial charge in [-0.2, -0.15) is 0 Å². The van der Waals surface area contributed by atoms with E-state index in [9.17, 15) is 23.7 Å². The number of anilines is 4. The molecule has 2 aromatic rings. The van der Waals surface area contributed by atoms with E-state index < -0.39 is 29.6 Å². The Morgan fingerprint density at radius 1 is 1.05 bits per heavy atom. The fourth-order valence-corrected chi connectivity index (χ4v) is 5.70. The summed E-state index contributed by atoms with van der Waals surface area (Å²) < 4.78 is 30.6. The number of alkyl halides is 2. The number of amides is 1. The maximum Gasteiger partial charge on any atom is 0.311 e. The number of hydrogen-bond donors (Lipinski definition) is 3. The Hall–Kier alpha value is -3.19. The molecule has 0 atom stereocenters. The van der Waals surface area contributed by atoms with Gasteiger partial charge in [-0.3, -0.25) is 14.9 Å². The maximum absolute atomic E-state index is 13.7. The highest BCUT2D eigenvalue weighted by Gasteiger charge is 2.44. The highest BCUT2D eigenvalue weighted by molar-refractivity contribution is 8.00. The Balaban J connectivity index is 1.38. The van der Waals surface area contributed by atoms with Crippen LogP contribution in [0.1, 0.15) is 49.0 Å². The first-order valence-electron chi connectivity index (χ1n) is 13.2. The summed E-state index contributed by atoms with van der Waals surface area (Å²) in [5, 5.41) is 23.6. The van der Waals surface area contributed by atoms with E-state index in [0.717, 1.165) is 37.3 Å². The van der Waals surface area contributed by atoms with Gasteiger partial charge in [-0.05, 0) is 55.4 Å². The molecule has 3 aliphatic rings. The molecule has 5 rings (SSSR count). The van der Waals surface area contributed by atoms with Crippen molar-refractivity contribution in [3.8, 4) is 0 Å². The Morgan fingerprint density at radius 2 is 1.74 bits per heavy atom. The lowest BCUT2D eigenvalue weighted by molar-refractivity contribution is -0.384. The van der Waals surface area contributed by atoms with Crippen LogP contribution in [0.4, 0.5) is 37.3 Å². The van der Waals surface area contributed by atoms with Crippen molar-refractivity contribution in [2.45, 2.75) is 44.4 Å².